The molecule has 5 nitrogen and oxygen atoms in total. The van der Waals surface area contributed by atoms with E-state index in [1.54, 1.807) is 12.1 Å². The Balaban J connectivity index is 1.65. The Labute approximate surface area is 170 Å². The second-order valence-electron chi connectivity index (χ2n) is 7.44. The van der Waals surface area contributed by atoms with Gasteiger partial charge in [-0.3, -0.25) is 0 Å². The number of rotatable bonds is 6. The lowest BCUT2D eigenvalue weighted by molar-refractivity contribution is 0.0603. The fraction of sp³-hybridized carbons (Fsp3) is 0.292. The number of carbonyl (C=O) groups is 1. The van der Waals surface area contributed by atoms with Crippen LogP contribution in [0.1, 0.15) is 40.6 Å². The predicted molar refractivity (Wildman–Crippen MR) is 112 cm³/mol. The lowest BCUT2D eigenvalue weighted by Gasteiger charge is -2.31. The van der Waals surface area contributed by atoms with Gasteiger partial charge in [-0.05, 0) is 56.0 Å². The van der Waals surface area contributed by atoms with E-state index in [9.17, 15) is 4.79 Å². The average Bonchev–Trinajstić information content (AvgIpc) is 3.15. The van der Waals surface area contributed by atoms with Gasteiger partial charge < -0.3 is 19.6 Å². The number of carboxylic acid groups (broad SMARTS) is 1. The summed E-state index contributed by atoms with van der Waals surface area (Å²) in [6.07, 6.45) is 1.94. The van der Waals surface area contributed by atoms with Crippen LogP contribution in [0, 0.1) is 12.8 Å². The molecule has 0 amide bonds. The smallest absolute Gasteiger partial charge is 0.335 e. The van der Waals surface area contributed by atoms with E-state index in [0.29, 0.717) is 5.92 Å². The highest BCUT2D eigenvalue weighted by Gasteiger charge is 2.29. The summed E-state index contributed by atoms with van der Waals surface area (Å²) in [5.41, 5.74) is 3.37. The zero-order valence-corrected chi connectivity index (χ0v) is 16.4. The summed E-state index contributed by atoms with van der Waals surface area (Å²) in [5, 5.41) is 12.8. The molecule has 5 heteroatoms. The van der Waals surface area contributed by atoms with Crippen LogP contribution in [0.15, 0.2) is 65.1 Å². The second kappa shape index (κ2) is 8.53. The van der Waals surface area contributed by atoms with Gasteiger partial charge in [-0.2, -0.15) is 0 Å². The molecule has 2 aromatic carbocycles. The zero-order valence-electron chi connectivity index (χ0n) is 16.4. The molecule has 1 aromatic heterocycles. The molecule has 29 heavy (non-hydrogen) atoms. The quantitative estimate of drug-likeness (QED) is 0.578. The summed E-state index contributed by atoms with van der Waals surface area (Å²) < 4.78 is 11.7. The van der Waals surface area contributed by atoms with E-state index >= 15 is 0 Å². The highest BCUT2D eigenvalue weighted by Crippen LogP contribution is 2.38. The van der Waals surface area contributed by atoms with Crippen molar-refractivity contribution in [3.05, 3.63) is 77.6 Å². The number of furan rings is 1. The molecule has 2 N–H and O–H groups in total. The number of benzene rings is 2. The van der Waals surface area contributed by atoms with Crippen molar-refractivity contribution in [2.24, 2.45) is 5.92 Å². The first-order chi connectivity index (χ1) is 14.1. The highest BCUT2D eigenvalue weighted by molar-refractivity contribution is 5.88. The lowest BCUT2D eigenvalue weighted by atomic mass is 9.86. The molecule has 1 atom stereocenters. The summed E-state index contributed by atoms with van der Waals surface area (Å²) in [7, 11) is 0. The largest absolute Gasteiger partial charge is 0.478 e. The Bertz CT molecular complexity index is 956. The maximum Gasteiger partial charge on any atom is 0.335 e. The fourth-order valence-corrected chi connectivity index (χ4v) is 3.94. The molecule has 2 heterocycles. The molecule has 1 saturated heterocycles. The van der Waals surface area contributed by atoms with E-state index < -0.39 is 5.97 Å². The van der Waals surface area contributed by atoms with Crippen LogP contribution in [0.5, 0.6) is 0 Å². The molecule has 4 rings (SSSR count). The maximum atomic E-state index is 11.1. The van der Waals surface area contributed by atoms with Crippen LogP contribution >= 0.6 is 0 Å². The number of aryl methyl sites for hydroxylation is 1. The topological polar surface area (TPSA) is 71.7 Å². The molecule has 1 fully saturated rings. The standard InChI is InChI=1S/C24H25NO4/c1-16-21(15-22(29-16)17-5-3-2-4-6-17)23(18-11-13-28-14-12-18)25-20-9-7-19(8-10-20)24(26)27/h2-10,15,18,23,25H,11-14H2,1H3,(H,26,27). The number of aromatic carboxylic acids is 1. The van der Waals surface area contributed by atoms with Crippen LogP contribution < -0.4 is 5.32 Å². The second-order valence-corrected chi connectivity index (χ2v) is 7.44. The Kier molecular flexibility index (Phi) is 5.67. The third-order valence-electron chi connectivity index (χ3n) is 5.54. The third kappa shape index (κ3) is 4.35. The molecule has 0 radical (unpaired) electrons. The van der Waals surface area contributed by atoms with Crippen LogP contribution in [0.25, 0.3) is 11.3 Å². The summed E-state index contributed by atoms with van der Waals surface area (Å²) in [6.45, 7) is 3.51. The molecule has 0 saturated carbocycles. The Morgan fingerprint density at radius 2 is 1.76 bits per heavy atom. The van der Waals surface area contributed by atoms with E-state index in [1.807, 2.05) is 49.4 Å². The first kappa shape index (κ1) is 19.3. The van der Waals surface area contributed by atoms with Gasteiger partial charge in [-0.25, -0.2) is 4.79 Å². The average molecular weight is 391 g/mol. The Morgan fingerprint density at radius 3 is 2.41 bits per heavy atom. The predicted octanol–water partition coefficient (Wildman–Crippen LogP) is 5.53. The van der Waals surface area contributed by atoms with Crippen molar-refractivity contribution in [3.63, 3.8) is 0 Å². The van der Waals surface area contributed by atoms with Crippen LogP contribution in [-0.2, 0) is 4.74 Å². The lowest BCUT2D eigenvalue weighted by Crippen LogP contribution is -2.27. The van der Waals surface area contributed by atoms with Crippen molar-refractivity contribution in [2.45, 2.75) is 25.8 Å². The SMILES string of the molecule is Cc1oc(-c2ccccc2)cc1C(Nc1ccc(C(=O)O)cc1)C1CCOCC1. The van der Waals surface area contributed by atoms with Crippen molar-refractivity contribution < 1.29 is 19.1 Å². The van der Waals surface area contributed by atoms with Crippen LogP contribution in [0.2, 0.25) is 0 Å². The van der Waals surface area contributed by atoms with Crippen molar-refractivity contribution in [1.82, 2.24) is 0 Å². The minimum Gasteiger partial charge on any atom is -0.478 e. The van der Waals surface area contributed by atoms with Crippen molar-refractivity contribution in [2.75, 3.05) is 18.5 Å². The monoisotopic (exact) mass is 391 g/mol. The molecule has 0 spiro atoms. The molecule has 0 bridgehead atoms. The first-order valence-electron chi connectivity index (χ1n) is 9.95. The molecule has 3 aromatic rings. The van der Waals surface area contributed by atoms with Gasteiger partial charge in [-0.1, -0.05) is 30.3 Å². The van der Waals surface area contributed by atoms with Crippen molar-refractivity contribution in [3.8, 4) is 11.3 Å². The number of ether oxygens (including phenoxy) is 1. The van der Waals surface area contributed by atoms with E-state index in [2.05, 4.69) is 11.4 Å². The molecule has 1 unspecified atom stereocenters. The third-order valence-corrected chi connectivity index (χ3v) is 5.54. The normalized spacial score (nSPS) is 15.8. The van der Waals surface area contributed by atoms with Crippen molar-refractivity contribution >= 4 is 11.7 Å². The molecular formula is C24H25NO4. The van der Waals surface area contributed by atoms with Gasteiger partial charge in [0.2, 0.25) is 0 Å². The number of hydrogen-bond donors (Lipinski definition) is 2. The van der Waals surface area contributed by atoms with Gasteiger partial charge in [0.1, 0.15) is 11.5 Å². The number of carboxylic acids is 1. The van der Waals surface area contributed by atoms with Gasteiger partial charge >= 0.3 is 5.97 Å². The Hall–Kier alpha value is -3.05. The van der Waals surface area contributed by atoms with Gasteiger partial charge in [0, 0.05) is 30.0 Å². The minimum absolute atomic E-state index is 0.0655. The fourth-order valence-electron chi connectivity index (χ4n) is 3.94. The Morgan fingerprint density at radius 1 is 1.07 bits per heavy atom. The van der Waals surface area contributed by atoms with Crippen LogP contribution in [0.4, 0.5) is 5.69 Å². The summed E-state index contributed by atoms with van der Waals surface area (Å²) in [6, 6.07) is 19.2. The van der Waals surface area contributed by atoms with E-state index in [1.165, 1.54) is 0 Å². The van der Waals surface area contributed by atoms with Gasteiger partial charge in [-0.15, -0.1) is 0 Å². The maximum absolute atomic E-state index is 11.1. The molecule has 1 aliphatic heterocycles. The van der Waals surface area contributed by atoms with Crippen LogP contribution in [0.3, 0.4) is 0 Å². The van der Waals surface area contributed by atoms with E-state index in [0.717, 1.165) is 54.4 Å². The van der Waals surface area contributed by atoms with E-state index in [4.69, 9.17) is 14.3 Å². The molecule has 1 aliphatic rings. The number of anilines is 1. The van der Waals surface area contributed by atoms with Crippen molar-refractivity contribution in [1.29, 1.82) is 0 Å². The highest BCUT2D eigenvalue weighted by atomic mass is 16.5. The van der Waals surface area contributed by atoms with E-state index in [-0.39, 0.29) is 11.6 Å². The zero-order chi connectivity index (χ0) is 20.2. The molecule has 0 aliphatic carbocycles. The summed E-state index contributed by atoms with van der Waals surface area (Å²) >= 11 is 0. The summed E-state index contributed by atoms with van der Waals surface area (Å²) in [5.74, 6) is 1.24. The first-order valence-corrected chi connectivity index (χ1v) is 9.95. The molecule has 150 valence electrons. The van der Waals surface area contributed by atoms with Gasteiger partial charge in [0.25, 0.3) is 0 Å². The molecular weight excluding hydrogens is 366 g/mol. The minimum atomic E-state index is -0.921. The van der Waals surface area contributed by atoms with Gasteiger partial charge in [0.15, 0.2) is 0 Å². The number of hydrogen-bond acceptors (Lipinski definition) is 4. The van der Waals surface area contributed by atoms with Crippen LogP contribution in [-0.4, -0.2) is 24.3 Å². The summed E-state index contributed by atoms with van der Waals surface area (Å²) in [4.78, 5) is 11.1. The number of nitrogens with one attached hydrogen (secondary N) is 1. The van der Waals surface area contributed by atoms with Gasteiger partial charge in [0.05, 0.1) is 11.6 Å².